The minimum Gasteiger partial charge on any atom is -0.327 e. The summed E-state index contributed by atoms with van der Waals surface area (Å²) in [6.07, 6.45) is 10.1. The number of imidazole rings is 1. The lowest BCUT2D eigenvalue weighted by Gasteiger charge is -2.16. The Morgan fingerprint density at radius 3 is 3.16 bits per heavy atom. The fourth-order valence-corrected chi connectivity index (χ4v) is 2.81. The molecule has 0 N–H and O–H groups in total. The molecule has 0 aliphatic carbocycles. The molecule has 3 heteroatoms. The third kappa shape index (κ3) is 1.96. The molecular formula is C16H15N3. The van der Waals surface area contributed by atoms with Crippen molar-refractivity contribution in [2.24, 2.45) is 0 Å². The zero-order valence-electron chi connectivity index (χ0n) is 10.9. The lowest BCUT2D eigenvalue weighted by atomic mass is 9.96. The second-order valence-electron chi connectivity index (χ2n) is 4.80. The van der Waals surface area contributed by atoms with Crippen LogP contribution in [0.1, 0.15) is 41.8 Å². The van der Waals surface area contributed by atoms with E-state index in [1.54, 1.807) is 0 Å². The average molecular weight is 249 g/mol. The van der Waals surface area contributed by atoms with Gasteiger partial charge in [-0.25, -0.2) is 4.98 Å². The highest BCUT2D eigenvalue weighted by atomic mass is 15.1. The maximum atomic E-state index is 9.02. The van der Waals surface area contributed by atoms with E-state index >= 15 is 0 Å². The zero-order valence-corrected chi connectivity index (χ0v) is 10.9. The number of nitriles is 1. The topological polar surface area (TPSA) is 41.6 Å². The molecule has 3 nitrogen and oxygen atoms in total. The van der Waals surface area contributed by atoms with Crippen LogP contribution in [-0.4, -0.2) is 9.55 Å². The van der Waals surface area contributed by atoms with Gasteiger partial charge in [0.05, 0.1) is 24.0 Å². The molecule has 0 radical (unpaired) electrons. The first-order valence-electron chi connectivity index (χ1n) is 6.51. The Hall–Kier alpha value is -2.34. The maximum absolute atomic E-state index is 9.02. The summed E-state index contributed by atoms with van der Waals surface area (Å²) in [6.45, 7) is 2.00. The number of benzene rings is 1. The average Bonchev–Trinajstić information content (AvgIpc) is 3.02. The summed E-state index contributed by atoms with van der Waals surface area (Å²) in [5, 5.41) is 9.02. The number of fused-ring (bicyclic) bond motifs is 1. The Kier molecular flexibility index (Phi) is 2.92. The minimum atomic E-state index is 0.344. The molecule has 19 heavy (non-hydrogen) atoms. The molecular weight excluding hydrogens is 234 g/mol. The molecule has 94 valence electrons. The second-order valence-corrected chi connectivity index (χ2v) is 4.80. The van der Waals surface area contributed by atoms with Crippen molar-refractivity contribution in [3.63, 3.8) is 0 Å². The highest BCUT2D eigenvalue weighted by molar-refractivity contribution is 5.57. The van der Waals surface area contributed by atoms with Gasteiger partial charge in [-0.15, -0.1) is 0 Å². The first-order valence-corrected chi connectivity index (χ1v) is 6.51. The number of rotatable bonds is 2. The molecule has 0 saturated heterocycles. The van der Waals surface area contributed by atoms with Crippen LogP contribution in [0.5, 0.6) is 0 Å². The molecule has 1 aliphatic rings. The normalized spacial score (nSPS) is 17.6. The Balaban J connectivity index is 2.09. The summed E-state index contributed by atoms with van der Waals surface area (Å²) < 4.78 is 2.24. The predicted molar refractivity (Wildman–Crippen MR) is 74.6 cm³/mol. The molecule has 0 saturated carbocycles. The Morgan fingerprint density at radius 2 is 2.37 bits per heavy atom. The molecule has 0 amide bonds. The van der Waals surface area contributed by atoms with E-state index in [1.165, 1.54) is 11.3 Å². The van der Waals surface area contributed by atoms with Crippen molar-refractivity contribution < 1.29 is 0 Å². The summed E-state index contributed by atoms with van der Waals surface area (Å²) in [5.74, 6) is 0. The number of aromatic nitrogens is 2. The van der Waals surface area contributed by atoms with Gasteiger partial charge < -0.3 is 4.57 Å². The van der Waals surface area contributed by atoms with E-state index in [0.29, 0.717) is 11.6 Å². The van der Waals surface area contributed by atoms with Crippen molar-refractivity contribution in [2.75, 3.05) is 0 Å². The van der Waals surface area contributed by atoms with Crippen LogP contribution in [0.4, 0.5) is 0 Å². The van der Waals surface area contributed by atoms with Crippen molar-refractivity contribution >= 4 is 6.08 Å². The van der Waals surface area contributed by atoms with Crippen LogP contribution in [0.2, 0.25) is 0 Å². The molecule has 3 rings (SSSR count). The van der Waals surface area contributed by atoms with Gasteiger partial charge in [0.1, 0.15) is 0 Å². The molecule has 2 aromatic rings. The molecule has 1 atom stereocenters. The molecule has 0 bridgehead atoms. The third-order valence-corrected chi connectivity index (χ3v) is 3.68. The molecule has 1 unspecified atom stereocenters. The molecule has 1 aromatic heterocycles. The van der Waals surface area contributed by atoms with Gasteiger partial charge in [-0.2, -0.15) is 5.26 Å². The Labute approximate surface area is 112 Å². The van der Waals surface area contributed by atoms with E-state index in [1.807, 2.05) is 37.7 Å². The second kappa shape index (κ2) is 4.74. The van der Waals surface area contributed by atoms with Crippen LogP contribution in [-0.2, 0) is 6.42 Å². The number of nitrogens with zero attached hydrogens (tertiary/aromatic N) is 3. The van der Waals surface area contributed by atoms with Crippen molar-refractivity contribution in [1.82, 2.24) is 9.55 Å². The minimum absolute atomic E-state index is 0.344. The molecule has 0 fully saturated rings. The summed E-state index contributed by atoms with van der Waals surface area (Å²) >= 11 is 0. The SMILES string of the molecule is C/C=C/c1cc(C#N)ccc1C1CCc2cncn21. The van der Waals surface area contributed by atoms with Crippen LogP contribution in [0, 0.1) is 11.3 Å². The van der Waals surface area contributed by atoms with Crippen LogP contribution < -0.4 is 0 Å². The van der Waals surface area contributed by atoms with Crippen LogP contribution in [0.25, 0.3) is 6.08 Å². The van der Waals surface area contributed by atoms with Gasteiger partial charge in [0.25, 0.3) is 0 Å². The summed E-state index contributed by atoms with van der Waals surface area (Å²) in [6, 6.07) is 8.49. The highest BCUT2D eigenvalue weighted by Crippen LogP contribution is 2.34. The smallest absolute Gasteiger partial charge is 0.0991 e. The molecule has 0 spiro atoms. The zero-order chi connectivity index (χ0) is 13.2. The molecule has 1 aromatic carbocycles. The fraction of sp³-hybridized carbons (Fsp3) is 0.250. The van der Waals surface area contributed by atoms with Crippen LogP contribution >= 0.6 is 0 Å². The Bertz CT molecular complexity index is 674. The lowest BCUT2D eigenvalue weighted by Crippen LogP contribution is -2.06. The van der Waals surface area contributed by atoms with E-state index in [4.69, 9.17) is 5.26 Å². The van der Waals surface area contributed by atoms with E-state index < -0.39 is 0 Å². The quantitative estimate of drug-likeness (QED) is 0.819. The number of hydrogen-bond donors (Lipinski definition) is 0. The number of allylic oxidation sites excluding steroid dienone is 1. The number of hydrogen-bond acceptors (Lipinski definition) is 2. The molecule has 2 heterocycles. The van der Waals surface area contributed by atoms with Crippen LogP contribution in [0.15, 0.2) is 36.8 Å². The van der Waals surface area contributed by atoms with Crippen molar-refractivity contribution in [2.45, 2.75) is 25.8 Å². The lowest BCUT2D eigenvalue weighted by molar-refractivity contribution is 0.615. The third-order valence-electron chi connectivity index (χ3n) is 3.68. The summed E-state index contributed by atoms with van der Waals surface area (Å²) in [7, 11) is 0. The summed E-state index contributed by atoms with van der Waals surface area (Å²) in [4.78, 5) is 4.22. The number of aryl methyl sites for hydroxylation is 1. The van der Waals surface area contributed by atoms with Gasteiger partial charge in [-0.05, 0) is 43.0 Å². The maximum Gasteiger partial charge on any atom is 0.0991 e. The first-order chi connectivity index (χ1) is 9.33. The van der Waals surface area contributed by atoms with Gasteiger partial charge in [0, 0.05) is 11.9 Å². The van der Waals surface area contributed by atoms with Gasteiger partial charge in [-0.1, -0.05) is 18.2 Å². The van der Waals surface area contributed by atoms with Crippen molar-refractivity contribution in [3.05, 3.63) is 59.2 Å². The first kappa shape index (κ1) is 11.7. The monoisotopic (exact) mass is 249 g/mol. The largest absolute Gasteiger partial charge is 0.327 e. The van der Waals surface area contributed by atoms with Crippen molar-refractivity contribution in [3.8, 4) is 6.07 Å². The predicted octanol–water partition coefficient (Wildman–Crippen LogP) is 3.32. The van der Waals surface area contributed by atoms with Gasteiger partial charge in [0.2, 0.25) is 0 Å². The standard InChI is InChI=1S/C16H15N3/c1-2-3-13-8-12(9-17)4-6-15(13)16-7-5-14-10-18-11-19(14)16/h2-4,6,8,10-11,16H,5,7H2,1H3/b3-2+. The van der Waals surface area contributed by atoms with Crippen molar-refractivity contribution in [1.29, 1.82) is 5.26 Å². The van der Waals surface area contributed by atoms with E-state index in [0.717, 1.165) is 18.4 Å². The Morgan fingerprint density at radius 1 is 1.47 bits per heavy atom. The highest BCUT2D eigenvalue weighted by Gasteiger charge is 2.24. The fourth-order valence-electron chi connectivity index (χ4n) is 2.81. The van der Waals surface area contributed by atoms with Gasteiger partial charge in [0.15, 0.2) is 0 Å². The van der Waals surface area contributed by atoms with E-state index in [9.17, 15) is 0 Å². The van der Waals surface area contributed by atoms with E-state index in [2.05, 4.69) is 27.8 Å². The molecule has 1 aliphatic heterocycles. The van der Waals surface area contributed by atoms with E-state index in [-0.39, 0.29) is 0 Å². The van der Waals surface area contributed by atoms with Crippen LogP contribution in [0.3, 0.4) is 0 Å². The van der Waals surface area contributed by atoms with Gasteiger partial charge >= 0.3 is 0 Å². The van der Waals surface area contributed by atoms with Gasteiger partial charge in [-0.3, -0.25) is 0 Å². The summed E-state index contributed by atoms with van der Waals surface area (Å²) in [5.41, 5.74) is 4.41.